The van der Waals surface area contributed by atoms with Crippen molar-refractivity contribution in [1.82, 2.24) is 20.5 Å². The van der Waals surface area contributed by atoms with Crippen molar-refractivity contribution in [1.29, 1.82) is 0 Å². The fraction of sp³-hybridized carbons (Fsp3) is 0.421. The SMILES string of the molecule is CC(=O)Nc1cc(C(C)NC(=O)Cc2cc(C)c(OCC(F)(F)C(F)F)nn2)ccn1. The van der Waals surface area contributed by atoms with Crippen LogP contribution in [0.4, 0.5) is 23.4 Å². The molecule has 1 unspecified atom stereocenters. The number of carbonyl (C=O) groups is 2. The summed E-state index contributed by atoms with van der Waals surface area (Å²) in [6.45, 7) is 3.02. The van der Waals surface area contributed by atoms with Gasteiger partial charge in [0.15, 0.2) is 6.61 Å². The van der Waals surface area contributed by atoms with Crippen LogP contribution in [0.1, 0.15) is 36.7 Å². The Hall–Kier alpha value is -3.31. The molecule has 2 heterocycles. The fourth-order valence-electron chi connectivity index (χ4n) is 2.49. The summed E-state index contributed by atoms with van der Waals surface area (Å²) in [4.78, 5) is 27.4. The average molecular weight is 443 g/mol. The maximum absolute atomic E-state index is 13.0. The summed E-state index contributed by atoms with van der Waals surface area (Å²) in [6.07, 6.45) is -2.52. The van der Waals surface area contributed by atoms with E-state index in [0.29, 0.717) is 11.4 Å². The Morgan fingerprint density at radius 3 is 2.55 bits per heavy atom. The molecule has 0 aliphatic rings. The fourth-order valence-corrected chi connectivity index (χ4v) is 2.49. The molecule has 0 saturated carbocycles. The topological polar surface area (TPSA) is 106 Å². The molecule has 0 aliphatic heterocycles. The zero-order valence-corrected chi connectivity index (χ0v) is 17.0. The maximum Gasteiger partial charge on any atom is 0.340 e. The van der Waals surface area contributed by atoms with Crippen LogP contribution in [0.25, 0.3) is 0 Å². The highest BCUT2D eigenvalue weighted by molar-refractivity contribution is 5.87. The molecule has 8 nitrogen and oxygen atoms in total. The molecule has 12 heteroatoms. The van der Waals surface area contributed by atoms with Crippen LogP contribution in [0.15, 0.2) is 24.4 Å². The molecular formula is C19H21F4N5O3. The van der Waals surface area contributed by atoms with Crippen LogP contribution >= 0.6 is 0 Å². The molecule has 31 heavy (non-hydrogen) atoms. The number of nitrogens with one attached hydrogen (secondary N) is 2. The van der Waals surface area contributed by atoms with E-state index in [-0.39, 0.29) is 29.5 Å². The van der Waals surface area contributed by atoms with Gasteiger partial charge < -0.3 is 15.4 Å². The van der Waals surface area contributed by atoms with Crippen LogP contribution in [0, 0.1) is 6.92 Å². The van der Waals surface area contributed by atoms with E-state index in [2.05, 4.69) is 30.6 Å². The summed E-state index contributed by atoms with van der Waals surface area (Å²) in [7, 11) is 0. The van der Waals surface area contributed by atoms with Gasteiger partial charge in [-0.05, 0) is 37.6 Å². The molecule has 1 atom stereocenters. The molecule has 0 saturated heterocycles. The Bertz CT molecular complexity index is 943. The van der Waals surface area contributed by atoms with E-state index in [1.807, 2.05) is 0 Å². The van der Waals surface area contributed by atoms with E-state index in [4.69, 9.17) is 0 Å². The molecule has 2 amide bonds. The molecule has 0 aromatic carbocycles. The third kappa shape index (κ3) is 7.15. The predicted octanol–water partition coefficient (Wildman–Crippen LogP) is 2.84. The lowest BCUT2D eigenvalue weighted by Gasteiger charge is -2.16. The molecule has 0 aliphatic carbocycles. The Morgan fingerprint density at radius 2 is 1.94 bits per heavy atom. The number of hydrogen-bond donors (Lipinski definition) is 2. The van der Waals surface area contributed by atoms with Gasteiger partial charge in [0.2, 0.25) is 17.7 Å². The Kier molecular flexibility index (Phi) is 7.83. The third-order valence-electron chi connectivity index (χ3n) is 4.02. The lowest BCUT2D eigenvalue weighted by molar-refractivity contribution is -0.148. The molecule has 168 valence electrons. The summed E-state index contributed by atoms with van der Waals surface area (Å²) in [5.41, 5.74) is 1.21. The minimum Gasteiger partial charge on any atom is -0.470 e. The van der Waals surface area contributed by atoms with E-state index in [1.165, 1.54) is 26.1 Å². The maximum atomic E-state index is 13.0. The Balaban J connectivity index is 1.96. The summed E-state index contributed by atoms with van der Waals surface area (Å²) in [5.74, 6) is -4.95. The Morgan fingerprint density at radius 1 is 1.23 bits per heavy atom. The number of hydrogen-bond acceptors (Lipinski definition) is 6. The van der Waals surface area contributed by atoms with Gasteiger partial charge >= 0.3 is 12.3 Å². The number of halogens is 4. The number of anilines is 1. The van der Waals surface area contributed by atoms with Gasteiger partial charge in [0.05, 0.1) is 18.2 Å². The monoisotopic (exact) mass is 443 g/mol. The number of nitrogens with zero attached hydrogens (tertiary/aromatic N) is 3. The lowest BCUT2D eigenvalue weighted by atomic mass is 10.1. The molecule has 2 rings (SSSR count). The molecule has 2 aromatic heterocycles. The highest BCUT2D eigenvalue weighted by atomic mass is 19.3. The third-order valence-corrected chi connectivity index (χ3v) is 4.02. The van der Waals surface area contributed by atoms with Crippen LogP contribution in [-0.2, 0) is 16.0 Å². The molecule has 0 radical (unpaired) electrons. The second kappa shape index (κ2) is 10.1. The molecule has 0 spiro atoms. The zero-order valence-electron chi connectivity index (χ0n) is 17.0. The molecule has 0 bridgehead atoms. The van der Waals surface area contributed by atoms with Crippen LogP contribution in [0.2, 0.25) is 0 Å². The highest BCUT2D eigenvalue weighted by Crippen LogP contribution is 2.24. The number of rotatable bonds is 9. The quantitative estimate of drug-likeness (QED) is 0.578. The predicted molar refractivity (Wildman–Crippen MR) is 102 cm³/mol. The molecule has 2 N–H and O–H groups in total. The first-order valence-electron chi connectivity index (χ1n) is 9.13. The zero-order chi connectivity index (χ0) is 23.2. The molecule has 2 aromatic rings. The van der Waals surface area contributed by atoms with Gasteiger partial charge in [0.25, 0.3) is 0 Å². The van der Waals surface area contributed by atoms with Crippen LogP contribution in [0.5, 0.6) is 5.88 Å². The lowest BCUT2D eigenvalue weighted by Crippen LogP contribution is -2.34. The number of alkyl halides is 4. The van der Waals surface area contributed by atoms with Crippen molar-refractivity contribution in [2.45, 2.75) is 45.6 Å². The van der Waals surface area contributed by atoms with Crippen molar-refractivity contribution in [2.24, 2.45) is 0 Å². The minimum absolute atomic E-state index is 0.157. The van der Waals surface area contributed by atoms with Crippen molar-refractivity contribution in [3.05, 3.63) is 41.2 Å². The summed E-state index contributed by atoms with van der Waals surface area (Å²) in [6, 6.07) is 4.30. The van der Waals surface area contributed by atoms with E-state index < -0.39 is 30.9 Å². The van der Waals surface area contributed by atoms with Gasteiger partial charge in [-0.1, -0.05) is 0 Å². The number of aromatic nitrogens is 3. The number of carbonyl (C=O) groups excluding carboxylic acids is 2. The summed E-state index contributed by atoms with van der Waals surface area (Å²) < 4.78 is 55.0. The van der Waals surface area contributed by atoms with Gasteiger partial charge in [-0.15, -0.1) is 5.10 Å². The first-order valence-corrected chi connectivity index (χ1v) is 9.13. The van der Waals surface area contributed by atoms with Gasteiger partial charge in [-0.2, -0.15) is 13.9 Å². The Labute approximate surface area is 175 Å². The van der Waals surface area contributed by atoms with E-state index >= 15 is 0 Å². The van der Waals surface area contributed by atoms with Crippen LogP contribution in [0.3, 0.4) is 0 Å². The summed E-state index contributed by atoms with van der Waals surface area (Å²) in [5, 5.41) is 12.6. The van der Waals surface area contributed by atoms with Gasteiger partial charge in [-0.3, -0.25) is 9.59 Å². The smallest absolute Gasteiger partial charge is 0.340 e. The number of pyridine rings is 1. The van der Waals surface area contributed by atoms with E-state index in [9.17, 15) is 27.2 Å². The van der Waals surface area contributed by atoms with Crippen LogP contribution in [-0.4, -0.2) is 46.0 Å². The second-order valence-corrected chi connectivity index (χ2v) is 6.80. The summed E-state index contributed by atoms with van der Waals surface area (Å²) >= 11 is 0. The minimum atomic E-state index is -4.31. The van der Waals surface area contributed by atoms with Gasteiger partial charge in [0, 0.05) is 18.7 Å². The average Bonchev–Trinajstić information content (AvgIpc) is 2.66. The van der Waals surface area contributed by atoms with Crippen molar-refractivity contribution >= 4 is 17.6 Å². The number of aryl methyl sites for hydroxylation is 1. The standard InChI is InChI=1S/C19H21F4N5O3/c1-10-6-14(27-28-17(10)31-9-19(22,23)18(20)21)8-16(30)25-11(2)13-4-5-24-15(7-13)26-12(3)29/h4-7,11,18H,8-9H2,1-3H3,(H,25,30)(H,24,26,29). The first kappa shape index (κ1) is 24.0. The van der Waals surface area contributed by atoms with Gasteiger partial charge in [0.1, 0.15) is 5.82 Å². The van der Waals surface area contributed by atoms with E-state index in [0.717, 1.165) is 0 Å². The van der Waals surface area contributed by atoms with Crippen molar-refractivity contribution in [3.63, 3.8) is 0 Å². The van der Waals surface area contributed by atoms with Crippen molar-refractivity contribution in [3.8, 4) is 5.88 Å². The molecular weight excluding hydrogens is 422 g/mol. The number of amides is 2. The number of ether oxygens (including phenoxy) is 1. The molecule has 0 fully saturated rings. The van der Waals surface area contributed by atoms with Crippen molar-refractivity contribution in [2.75, 3.05) is 11.9 Å². The van der Waals surface area contributed by atoms with Gasteiger partial charge in [-0.25, -0.2) is 13.8 Å². The van der Waals surface area contributed by atoms with Crippen molar-refractivity contribution < 1.29 is 31.9 Å². The highest BCUT2D eigenvalue weighted by Gasteiger charge is 2.42. The normalized spacial score (nSPS) is 12.4. The van der Waals surface area contributed by atoms with Crippen LogP contribution < -0.4 is 15.4 Å². The second-order valence-electron chi connectivity index (χ2n) is 6.80. The largest absolute Gasteiger partial charge is 0.470 e. The van der Waals surface area contributed by atoms with E-state index in [1.54, 1.807) is 19.1 Å². The first-order chi connectivity index (χ1) is 14.5.